The molecule has 1 fully saturated rings. The molecule has 1 amide bonds. The van der Waals surface area contributed by atoms with E-state index in [1.165, 1.54) is 4.90 Å². The van der Waals surface area contributed by atoms with E-state index in [1.807, 2.05) is 0 Å². The van der Waals surface area contributed by atoms with Gasteiger partial charge in [0, 0.05) is 13.1 Å². The fourth-order valence-corrected chi connectivity index (χ4v) is 3.00. The third kappa shape index (κ3) is 3.45. The van der Waals surface area contributed by atoms with E-state index in [1.54, 1.807) is 30.3 Å². The van der Waals surface area contributed by atoms with Crippen LogP contribution in [0.1, 0.15) is 12.0 Å². The zero-order chi connectivity index (χ0) is 16.4. The molecule has 1 atom stereocenters. The van der Waals surface area contributed by atoms with Crippen molar-refractivity contribution >= 4 is 21.9 Å². The van der Waals surface area contributed by atoms with Crippen LogP contribution in [0, 0.1) is 0 Å². The number of carboxylic acids is 1. The van der Waals surface area contributed by atoms with Gasteiger partial charge in [-0.15, -0.1) is 0 Å². The predicted octanol–water partition coefficient (Wildman–Crippen LogP) is -0.209. The molecule has 0 aromatic heterocycles. The molecule has 8 heteroatoms. The SMILES string of the molecule is CS(=O)(=O)NCC(=O)N1CC[C@](C(=O)O)(c2ccccc2)C1. The Bertz CT molecular complexity index is 674. The molecule has 1 aliphatic heterocycles. The number of benzene rings is 1. The van der Waals surface area contributed by atoms with Crippen LogP contribution in [0.2, 0.25) is 0 Å². The van der Waals surface area contributed by atoms with Crippen molar-refractivity contribution in [2.45, 2.75) is 11.8 Å². The molecule has 1 aromatic rings. The summed E-state index contributed by atoms with van der Waals surface area (Å²) in [6, 6.07) is 8.78. The molecule has 1 heterocycles. The van der Waals surface area contributed by atoms with Gasteiger partial charge in [0.2, 0.25) is 15.9 Å². The minimum atomic E-state index is -3.46. The summed E-state index contributed by atoms with van der Waals surface area (Å²) in [5.74, 6) is -1.41. The summed E-state index contributed by atoms with van der Waals surface area (Å²) in [5.41, 5.74) is -0.490. The number of hydrogen-bond acceptors (Lipinski definition) is 4. The lowest BCUT2D eigenvalue weighted by molar-refractivity contribution is -0.143. The zero-order valence-electron chi connectivity index (χ0n) is 12.2. The maximum absolute atomic E-state index is 12.0. The molecule has 2 N–H and O–H groups in total. The summed E-state index contributed by atoms with van der Waals surface area (Å²) in [6.45, 7) is -0.0363. The quantitative estimate of drug-likeness (QED) is 0.779. The van der Waals surface area contributed by atoms with E-state index in [4.69, 9.17) is 0 Å². The normalized spacial score (nSPS) is 21.8. The molecule has 1 aromatic carbocycles. The molecule has 22 heavy (non-hydrogen) atoms. The minimum absolute atomic E-state index is 0.0383. The number of sulfonamides is 1. The maximum Gasteiger partial charge on any atom is 0.316 e. The molecule has 0 bridgehead atoms. The third-order valence-corrected chi connectivity index (χ3v) is 4.51. The van der Waals surface area contributed by atoms with Gasteiger partial charge in [0.1, 0.15) is 5.41 Å². The lowest BCUT2D eigenvalue weighted by atomic mass is 9.80. The van der Waals surface area contributed by atoms with Crippen LogP contribution in [-0.2, 0) is 25.0 Å². The van der Waals surface area contributed by atoms with Gasteiger partial charge >= 0.3 is 5.97 Å². The van der Waals surface area contributed by atoms with E-state index in [0.29, 0.717) is 12.0 Å². The second-order valence-electron chi connectivity index (χ2n) is 5.41. The van der Waals surface area contributed by atoms with Crippen molar-refractivity contribution < 1.29 is 23.1 Å². The standard InChI is InChI=1S/C14H18N2O5S/c1-22(20,21)15-9-12(17)16-8-7-14(10-16,13(18)19)11-5-3-2-4-6-11/h2-6,15H,7-10H2,1H3,(H,18,19)/t14-/m1/s1. The molecule has 0 spiro atoms. The lowest BCUT2D eigenvalue weighted by Crippen LogP contribution is -2.43. The molecule has 0 saturated carbocycles. The van der Waals surface area contributed by atoms with Crippen LogP contribution in [0.15, 0.2) is 30.3 Å². The average molecular weight is 326 g/mol. The number of likely N-dealkylation sites (tertiary alicyclic amines) is 1. The van der Waals surface area contributed by atoms with Crippen molar-refractivity contribution in [2.75, 3.05) is 25.9 Å². The number of nitrogens with zero attached hydrogens (tertiary/aromatic N) is 1. The van der Waals surface area contributed by atoms with Gasteiger partial charge in [-0.25, -0.2) is 13.1 Å². The van der Waals surface area contributed by atoms with Crippen LogP contribution in [0.25, 0.3) is 0 Å². The van der Waals surface area contributed by atoms with Crippen LogP contribution >= 0.6 is 0 Å². The topological polar surface area (TPSA) is 104 Å². The van der Waals surface area contributed by atoms with Gasteiger partial charge in [-0.2, -0.15) is 0 Å². The van der Waals surface area contributed by atoms with Gasteiger partial charge < -0.3 is 10.0 Å². The molecule has 7 nitrogen and oxygen atoms in total. The molecular formula is C14H18N2O5S. The van der Waals surface area contributed by atoms with Crippen LogP contribution in [-0.4, -0.2) is 56.2 Å². The summed E-state index contributed by atoms with van der Waals surface area (Å²) in [7, 11) is -3.46. The number of nitrogens with one attached hydrogen (secondary N) is 1. The summed E-state index contributed by atoms with van der Waals surface area (Å²) in [5, 5.41) is 9.63. The molecule has 120 valence electrons. The van der Waals surface area contributed by atoms with Crippen molar-refractivity contribution in [2.24, 2.45) is 0 Å². The molecule has 1 saturated heterocycles. The first-order chi connectivity index (χ1) is 10.2. The van der Waals surface area contributed by atoms with Gasteiger partial charge in [0.05, 0.1) is 12.8 Å². The summed E-state index contributed by atoms with van der Waals surface area (Å²) >= 11 is 0. The van der Waals surface area contributed by atoms with E-state index >= 15 is 0 Å². The molecule has 0 radical (unpaired) electrons. The number of carbonyl (C=O) groups is 2. The van der Waals surface area contributed by atoms with Crippen molar-refractivity contribution in [3.8, 4) is 0 Å². The third-order valence-electron chi connectivity index (χ3n) is 3.84. The molecular weight excluding hydrogens is 308 g/mol. The average Bonchev–Trinajstić information content (AvgIpc) is 2.91. The van der Waals surface area contributed by atoms with Gasteiger partial charge in [0.25, 0.3) is 0 Å². The number of hydrogen-bond donors (Lipinski definition) is 2. The fraction of sp³-hybridized carbons (Fsp3) is 0.429. The maximum atomic E-state index is 12.0. The van der Waals surface area contributed by atoms with Crippen molar-refractivity contribution in [3.05, 3.63) is 35.9 Å². The number of aliphatic carboxylic acids is 1. The largest absolute Gasteiger partial charge is 0.481 e. The summed E-state index contributed by atoms with van der Waals surface area (Å²) < 4.78 is 24.2. The molecule has 2 rings (SSSR count). The Morgan fingerprint density at radius 2 is 1.95 bits per heavy atom. The highest BCUT2D eigenvalue weighted by atomic mass is 32.2. The van der Waals surface area contributed by atoms with Crippen LogP contribution in [0.3, 0.4) is 0 Å². The monoisotopic (exact) mass is 326 g/mol. The van der Waals surface area contributed by atoms with E-state index in [9.17, 15) is 23.1 Å². The highest BCUT2D eigenvalue weighted by molar-refractivity contribution is 7.88. The van der Waals surface area contributed by atoms with Gasteiger partial charge in [0.15, 0.2) is 0 Å². The highest BCUT2D eigenvalue weighted by Gasteiger charge is 2.47. The van der Waals surface area contributed by atoms with Gasteiger partial charge in [-0.3, -0.25) is 9.59 Å². The van der Waals surface area contributed by atoms with Crippen LogP contribution in [0.4, 0.5) is 0 Å². The van der Waals surface area contributed by atoms with Crippen molar-refractivity contribution in [3.63, 3.8) is 0 Å². The predicted molar refractivity (Wildman–Crippen MR) is 79.8 cm³/mol. The summed E-state index contributed by atoms with van der Waals surface area (Å²) in [6.07, 6.45) is 1.27. The summed E-state index contributed by atoms with van der Waals surface area (Å²) in [4.78, 5) is 25.2. The smallest absolute Gasteiger partial charge is 0.316 e. The van der Waals surface area contributed by atoms with Gasteiger partial charge in [-0.05, 0) is 12.0 Å². The van der Waals surface area contributed by atoms with Crippen LogP contribution < -0.4 is 4.72 Å². The molecule has 0 unspecified atom stereocenters. The van der Waals surface area contributed by atoms with Gasteiger partial charge in [-0.1, -0.05) is 30.3 Å². The van der Waals surface area contributed by atoms with E-state index in [-0.39, 0.29) is 19.6 Å². The van der Waals surface area contributed by atoms with Crippen molar-refractivity contribution in [1.82, 2.24) is 9.62 Å². The lowest BCUT2D eigenvalue weighted by Gasteiger charge is -2.25. The Hall–Kier alpha value is -1.93. The van der Waals surface area contributed by atoms with Crippen LogP contribution in [0.5, 0.6) is 0 Å². The Morgan fingerprint density at radius 3 is 2.50 bits per heavy atom. The Balaban J connectivity index is 2.15. The first-order valence-electron chi connectivity index (χ1n) is 6.76. The number of carbonyl (C=O) groups excluding carboxylic acids is 1. The Kier molecular flexibility index (Phi) is 4.52. The molecule has 0 aliphatic carbocycles. The number of amides is 1. The minimum Gasteiger partial charge on any atom is -0.481 e. The van der Waals surface area contributed by atoms with Crippen molar-refractivity contribution in [1.29, 1.82) is 0 Å². The van der Waals surface area contributed by atoms with E-state index in [2.05, 4.69) is 4.72 Å². The number of rotatable bonds is 5. The zero-order valence-corrected chi connectivity index (χ0v) is 13.0. The Labute approximate surface area is 129 Å². The Morgan fingerprint density at radius 1 is 1.32 bits per heavy atom. The second-order valence-corrected chi connectivity index (χ2v) is 7.24. The second kappa shape index (κ2) is 6.05. The highest BCUT2D eigenvalue weighted by Crippen LogP contribution is 2.34. The first kappa shape index (κ1) is 16.4. The molecule has 1 aliphatic rings. The van der Waals surface area contributed by atoms with E-state index in [0.717, 1.165) is 6.26 Å². The van der Waals surface area contributed by atoms with E-state index < -0.39 is 27.3 Å². The fourth-order valence-electron chi connectivity index (χ4n) is 2.62. The first-order valence-corrected chi connectivity index (χ1v) is 8.65. The number of carboxylic acid groups (broad SMARTS) is 1.